The summed E-state index contributed by atoms with van der Waals surface area (Å²) >= 11 is 6.56. The summed E-state index contributed by atoms with van der Waals surface area (Å²) in [6, 6.07) is 14.3. The molecular formula is C17H13NO3S2. The van der Waals surface area contributed by atoms with Gasteiger partial charge in [-0.2, -0.15) is 0 Å². The molecule has 2 aromatic carbocycles. The van der Waals surface area contributed by atoms with Crippen molar-refractivity contribution in [1.29, 1.82) is 0 Å². The zero-order valence-corrected chi connectivity index (χ0v) is 13.9. The monoisotopic (exact) mass is 343 g/mol. The van der Waals surface area contributed by atoms with Gasteiger partial charge in [0.15, 0.2) is 15.8 Å². The lowest BCUT2D eigenvalue weighted by molar-refractivity contribution is -0.113. The molecule has 0 atom stereocenters. The van der Waals surface area contributed by atoms with Crippen LogP contribution in [0.4, 0.5) is 5.69 Å². The highest BCUT2D eigenvalue weighted by molar-refractivity contribution is 8.27. The van der Waals surface area contributed by atoms with E-state index in [2.05, 4.69) is 0 Å². The number of anilines is 1. The van der Waals surface area contributed by atoms with Crippen LogP contribution >= 0.6 is 24.0 Å². The second-order valence-corrected chi connectivity index (χ2v) is 6.46. The molecule has 0 aromatic heterocycles. The molecule has 1 aliphatic heterocycles. The van der Waals surface area contributed by atoms with Gasteiger partial charge in [-0.15, -0.1) is 0 Å². The fourth-order valence-corrected chi connectivity index (χ4v) is 3.51. The molecule has 1 saturated heterocycles. The van der Waals surface area contributed by atoms with Crippen molar-refractivity contribution in [3.05, 3.63) is 59.0 Å². The first-order valence-electron chi connectivity index (χ1n) is 6.80. The number of phenolic OH excluding ortho intramolecular Hbond substituents is 1. The molecule has 1 N–H and O–H groups in total. The summed E-state index contributed by atoms with van der Waals surface area (Å²) < 4.78 is 5.50. The van der Waals surface area contributed by atoms with Gasteiger partial charge >= 0.3 is 0 Å². The van der Waals surface area contributed by atoms with Crippen molar-refractivity contribution in [2.75, 3.05) is 12.0 Å². The molecule has 1 amide bonds. The van der Waals surface area contributed by atoms with Crippen LogP contribution in [0.25, 0.3) is 6.08 Å². The SMILES string of the molecule is COc1ccc(/C=C2/SC(=S)N(c3ccccc3)C2=O)cc1O. The van der Waals surface area contributed by atoms with Crippen LogP contribution < -0.4 is 9.64 Å². The topological polar surface area (TPSA) is 49.8 Å². The first kappa shape index (κ1) is 15.6. The van der Waals surface area contributed by atoms with Crippen molar-refractivity contribution in [1.82, 2.24) is 0 Å². The van der Waals surface area contributed by atoms with Gasteiger partial charge in [-0.3, -0.25) is 9.69 Å². The van der Waals surface area contributed by atoms with Crippen LogP contribution in [0.1, 0.15) is 5.56 Å². The second-order valence-electron chi connectivity index (χ2n) is 4.78. The predicted molar refractivity (Wildman–Crippen MR) is 96.8 cm³/mol. The predicted octanol–water partition coefficient (Wildman–Crippen LogP) is 3.81. The van der Waals surface area contributed by atoms with Crippen molar-refractivity contribution < 1.29 is 14.6 Å². The Morgan fingerprint density at radius 1 is 1.22 bits per heavy atom. The fourth-order valence-electron chi connectivity index (χ4n) is 2.22. The maximum atomic E-state index is 12.6. The molecule has 2 aromatic rings. The normalized spacial score (nSPS) is 16.2. The van der Waals surface area contributed by atoms with Gasteiger partial charge in [0.25, 0.3) is 5.91 Å². The molecule has 1 heterocycles. The summed E-state index contributed by atoms with van der Waals surface area (Å²) in [4.78, 5) is 14.6. The quantitative estimate of drug-likeness (QED) is 0.678. The molecule has 3 rings (SSSR count). The van der Waals surface area contributed by atoms with E-state index in [1.807, 2.05) is 30.3 Å². The average molecular weight is 343 g/mol. The minimum atomic E-state index is -0.165. The Hall–Kier alpha value is -2.31. The van der Waals surface area contributed by atoms with E-state index in [1.165, 1.54) is 23.8 Å². The first-order valence-corrected chi connectivity index (χ1v) is 8.02. The minimum Gasteiger partial charge on any atom is -0.504 e. The number of hydrogen-bond donors (Lipinski definition) is 1. The molecule has 4 nitrogen and oxygen atoms in total. The van der Waals surface area contributed by atoms with E-state index >= 15 is 0 Å². The van der Waals surface area contributed by atoms with E-state index in [-0.39, 0.29) is 11.7 Å². The average Bonchev–Trinajstić information content (AvgIpc) is 2.82. The number of nitrogens with zero attached hydrogens (tertiary/aromatic N) is 1. The summed E-state index contributed by atoms with van der Waals surface area (Å²) in [6.07, 6.45) is 1.71. The van der Waals surface area contributed by atoms with Crippen molar-refractivity contribution >= 4 is 46.0 Å². The highest BCUT2D eigenvalue weighted by atomic mass is 32.2. The van der Waals surface area contributed by atoms with Crippen LogP contribution in [0.5, 0.6) is 11.5 Å². The molecule has 116 valence electrons. The first-order chi connectivity index (χ1) is 11.1. The maximum Gasteiger partial charge on any atom is 0.270 e. The van der Waals surface area contributed by atoms with Gasteiger partial charge in [0.2, 0.25) is 0 Å². The summed E-state index contributed by atoms with van der Waals surface area (Å²) in [7, 11) is 1.49. The number of carbonyl (C=O) groups excluding carboxylic acids is 1. The van der Waals surface area contributed by atoms with E-state index in [0.29, 0.717) is 20.5 Å². The number of methoxy groups -OCH3 is 1. The van der Waals surface area contributed by atoms with Crippen molar-refractivity contribution in [2.24, 2.45) is 0 Å². The second kappa shape index (κ2) is 6.44. The molecule has 0 bridgehead atoms. The summed E-state index contributed by atoms with van der Waals surface area (Å²) in [5.74, 6) is 0.250. The van der Waals surface area contributed by atoms with Gasteiger partial charge in [-0.1, -0.05) is 48.2 Å². The molecule has 6 heteroatoms. The van der Waals surface area contributed by atoms with Gasteiger partial charge in [-0.25, -0.2) is 0 Å². The Labute approximate surface area is 143 Å². The van der Waals surface area contributed by atoms with Crippen molar-refractivity contribution in [3.8, 4) is 11.5 Å². The third-order valence-corrected chi connectivity index (χ3v) is 4.61. The summed E-state index contributed by atoms with van der Waals surface area (Å²) in [5.41, 5.74) is 1.45. The van der Waals surface area contributed by atoms with Gasteiger partial charge in [0.05, 0.1) is 17.7 Å². The molecule has 0 unspecified atom stereocenters. The molecule has 0 spiro atoms. The van der Waals surface area contributed by atoms with Gasteiger partial charge in [0.1, 0.15) is 0 Å². The van der Waals surface area contributed by atoms with Gasteiger partial charge in [0, 0.05) is 0 Å². The lowest BCUT2D eigenvalue weighted by Crippen LogP contribution is -2.27. The van der Waals surface area contributed by atoms with E-state index in [0.717, 1.165) is 5.69 Å². The number of benzene rings is 2. The van der Waals surface area contributed by atoms with Crippen molar-refractivity contribution in [3.63, 3.8) is 0 Å². The third kappa shape index (κ3) is 3.09. The smallest absolute Gasteiger partial charge is 0.270 e. The summed E-state index contributed by atoms with van der Waals surface area (Å²) in [6.45, 7) is 0. The van der Waals surface area contributed by atoms with Crippen LogP contribution in [0.2, 0.25) is 0 Å². The Morgan fingerprint density at radius 3 is 2.61 bits per heavy atom. The molecule has 0 radical (unpaired) electrons. The van der Waals surface area contributed by atoms with Crippen molar-refractivity contribution in [2.45, 2.75) is 0 Å². The van der Waals surface area contributed by atoms with Crippen LogP contribution in [-0.2, 0) is 4.79 Å². The third-order valence-electron chi connectivity index (χ3n) is 3.31. The Bertz CT molecular complexity index is 803. The number of carbonyl (C=O) groups is 1. The standard InChI is InChI=1S/C17H13NO3S2/c1-21-14-8-7-11(9-13(14)19)10-15-16(20)18(17(22)23-15)12-5-3-2-4-6-12/h2-10,19H,1H3/b15-10+. The number of amides is 1. The number of thioether (sulfide) groups is 1. The zero-order valence-electron chi connectivity index (χ0n) is 12.2. The Kier molecular flexibility index (Phi) is 4.36. The summed E-state index contributed by atoms with van der Waals surface area (Å²) in [5, 5.41) is 9.83. The number of phenols is 1. The number of rotatable bonds is 3. The maximum absolute atomic E-state index is 12.6. The van der Waals surface area contributed by atoms with E-state index < -0.39 is 0 Å². The van der Waals surface area contributed by atoms with Gasteiger partial charge in [-0.05, 0) is 35.9 Å². The number of ether oxygens (including phenoxy) is 1. The zero-order chi connectivity index (χ0) is 16.4. The van der Waals surface area contributed by atoms with Crippen LogP contribution in [0, 0.1) is 0 Å². The molecule has 1 aliphatic rings. The molecule has 0 aliphatic carbocycles. The van der Waals surface area contributed by atoms with Crippen LogP contribution in [-0.4, -0.2) is 22.4 Å². The Morgan fingerprint density at radius 2 is 1.96 bits per heavy atom. The molecule has 23 heavy (non-hydrogen) atoms. The van der Waals surface area contributed by atoms with E-state index in [9.17, 15) is 9.90 Å². The Balaban J connectivity index is 1.91. The highest BCUT2D eigenvalue weighted by Gasteiger charge is 2.33. The minimum absolute atomic E-state index is 0.0276. The van der Waals surface area contributed by atoms with Crippen LogP contribution in [0.15, 0.2) is 53.4 Å². The lowest BCUT2D eigenvalue weighted by Gasteiger charge is -2.13. The lowest BCUT2D eigenvalue weighted by atomic mass is 10.2. The number of thiocarbonyl (C=S) groups is 1. The molecule has 0 saturated carbocycles. The largest absolute Gasteiger partial charge is 0.504 e. The highest BCUT2D eigenvalue weighted by Crippen LogP contribution is 2.36. The number of hydrogen-bond acceptors (Lipinski definition) is 5. The van der Waals surface area contributed by atoms with E-state index in [1.54, 1.807) is 24.3 Å². The van der Waals surface area contributed by atoms with Crippen LogP contribution in [0.3, 0.4) is 0 Å². The fraction of sp³-hybridized carbons (Fsp3) is 0.0588. The molecular weight excluding hydrogens is 330 g/mol. The number of aromatic hydroxyl groups is 1. The number of para-hydroxylation sites is 1. The van der Waals surface area contributed by atoms with Gasteiger partial charge < -0.3 is 9.84 Å². The molecule has 1 fully saturated rings. The van der Waals surface area contributed by atoms with E-state index in [4.69, 9.17) is 17.0 Å².